The molecule has 1 aliphatic carbocycles. The second-order valence-corrected chi connectivity index (χ2v) is 6.63. The molecule has 0 spiro atoms. The van der Waals surface area contributed by atoms with Crippen LogP contribution in [-0.2, 0) is 13.5 Å². The lowest BCUT2D eigenvalue weighted by Crippen LogP contribution is -2.31. The standard InChI is InChI=1S/C16H23N3S/c1-3-8-17-15(16-18-9-10-19(16)2)13-5-4-6-14-12(13)7-11-20-14/h7,9-11,13,15,17H,3-6,8H2,1-2H3. The lowest BCUT2D eigenvalue weighted by molar-refractivity contribution is 0.382. The summed E-state index contributed by atoms with van der Waals surface area (Å²) in [6.45, 7) is 3.27. The second-order valence-electron chi connectivity index (χ2n) is 5.63. The average Bonchev–Trinajstić information content (AvgIpc) is 3.09. The number of nitrogens with one attached hydrogen (secondary N) is 1. The van der Waals surface area contributed by atoms with E-state index >= 15 is 0 Å². The highest BCUT2D eigenvalue weighted by atomic mass is 32.1. The Hall–Kier alpha value is -1.13. The fourth-order valence-corrected chi connectivity index (χ4v) is 4.26. The van der Waals surface area contributed by atoms with Crippen molar-refractivity contribution in [1.29, 1.82) is 0 Å². The van der Waals surface area contributed by atoms with E-state index in [1.54, 1.807) is 10.4 Å². The van der Waals surface area contributed by atoms with Crippen LogP contribution in [0.3, 0.4) is 0 Å². The zero-order valence-corrected chi connectivity index (χ0v) is 13.1. The number of imidazole rings is 1. The first-order valence-electron chi connectivity index (χ1n) is 7.58. The van der Waals surface area contributed by atoms with Gasteiger partial charge in [0.2, 0.25) is 0 Å². The zero-order chi connectivity index (χ0) is 13.9. The molecule has 2 atom stereocenters. The molecule has 2 heterocycles. The van der Waals surface area contributed by atoms with E-state index in [1.165, 1.54) is 25.1 Å². The zero-order valence-electron chi connectivity index (χ0n) is 12.3. The summed E-state index contributed by atoms with van der Waals surface area (Å²) in [5.41, 5.74) is 1.55. The highest BCUT2D eigenvalue weighted by Gasteiger charge is 2.31. The van der Waals surface area contributed by atoms with Gasteiger partial charge in [-0.15, -0.1) is 11.3 Å². The molecule has 0 amide bonds. The molecule has 0 saturated heterocycles. The van der Waals surface area contributed by atoms with Gasteiger partial charge in [-0.2, -0.15) is 0 Å². The minimum atomic E-state index is 0.337. The van der Waals surface area contributed by atoms with E-state index in [4.69, 9.17) is 0 Å². The van der Waals surface area contributed by atoms with E-state index < -0.39 is 0 Å². The van der Waals surface area contributed by atoms with Crippen LogP contribution in [0, 0.1) is 0 Å². The maximum absolute atomic E-state index is 4.61. The Labute approximate surface area is 125 Å². The van der Waals surface area contributed by atoms with Gasteiger partial charge in [0.15, 0.2) is 0 Å². The lowest BCUT2D eigenvalue weighted by atomic mass is 9.82. The van der Waals surface area contributed by atoms with Gasteiger partial charge < -0.3 is 9.88 Å². The monoisotopic (exact) mass is 289 g/mol. The molecule has 2 aromatic rings. The molecule has 0 fully saturated rings. The second kappa shape index (κ2) is 6.10. The predicted octanol–water partition coefficient (Wildman–Crippen LogP) is 3.64. The summed E-state index contributed by atoms with van der Waals surface area (Å²) in [6.07, 6.45) is 8.93. The molecule has 1 N–H and O–H groups in total. The van der Waals surface area contributed by atoms with Gasteiger partial charge in [0, 0.05) is 30.2 Å². The fraction of sp³-hybridized carbons (Fsp3) is 0.562. The SMILES string of the molecule is CCCNC(c1nccn1C)C1CCCc2sccc21. The van der Waals surface area contributed by atoms with E-state index in [9.17, 15) is 0 Å². The van der Waals surface area contributed by atoms with Crippen LogP contribution >= 0.6 is 11.3 Å². The summed E-state index contributed by atoms with van der Waals surface area (Å²) < 4.78 is 2.16. The Morgan fingerprint density at radius 1 is 1.55 bits per heavy atom. The summed E-state index contributed by atoms with van der Waals surface area (Å²) in [6, 6.07) is 2.66. The number of hydrogen-bond acceptors (Lipinski definition) is 3. The molecule has 0 saturated carbocycles. The number of nitrogens with zero attached hydrogens (tertiary/aromatic N) is 2. The van der Waals surface area contributed by atoms with Gasteiger partial charge in [-0.05, 0) is 49.2 Å². The molecule has 0 aromatic carbocycles. The van der Waals surface area contributed by atoms with Gasteiger partial charge in [0.1, 0.15) is 5.82 Å². The van der Waals surface area contributed by atoms with Crippen LogP contribution in [0.15, 0.2) is 23.8 Å². The Kier molecular flexibility index (Phi) is 4.22. The molecule has 2 aromatic heterocycles. The first-order chi connectivity index (χ1) is 9.81. The third-order valence-corrected chi connectivity index (χ3v) is 5.25. The molecular weight excluding hydrogens is 266 g/mol. The van der Waals surface area contributed by atoms with E-state index in [0.717, 1.165) is 13.0 Å². The van der Waals surface area contributed by atoms with Crippen LogP contribution in [0.1, 0.15) is 54.4 Å². The van der Waals surface area contributed by atoms with Crippen LogP contribution in [0.4, 0.5) is 0 Å². The fourth-order valence-electron chi connectivity index (χ4n) is 3.26. The third kappa shape index (κ3) is 2.54. The van der Waals surface area contributed by atoms with Crippen molar-refractivity contribution in [3.63, 3.8) is 0 Å². The summed E-state index contributed by atoms with van der Waals surface area (Å²) in [5, 5.41) is 5.98. The maximum Gasteiger partial charge on any atom is 0.126 e. The van der Waals surface area contributed by atoms with Crippen molar-refractivity contribution in [3.8, 4) is 0 Å². The van der Waals surface area contributed by atoms with E-state index in [0.29, 0.717) is 12.0 Å². The largest absolute Gasteiger partial charge is 0.337 e. The Balaban J connectivity index is 1.93. The normalized spacial score (nSPS) is 19.8. The molecule has 20 heavy (non-hydrogen) atoms. The average molecular weight is 289 g/mol. The maximum atomic E-state index is 4.61. The molecular formula is C16H23N3S. The number of rotatable bonds is 5. The summed E-state index contributed by atoms with van der Waals surface area (Å²) in [5.74, 6) is 1.74. The molecule has 0 aliphatic heterocycles. The van der Waals surface area contributed by atoms with Crippen molar-refractivity contribution >= 4 is 11.3 Å². The van der Waals surface area contributed by atoms with E-state index in [2.05, 4.69) is 40.3 Å². The van der Waals surface area contributed by atoms with Gasteiger partial charge >= 0.3 is 0 Å². The van der Waals surface area contributed by atoms with Crippen molar-refractivity contribution in [1.82, 2.24) is 14.9 Å². The van der Waals surface area contributed by atoms with Crippen LogP contribution < -0.4 is 5.32 Å². The van der Waals surface area contributed by atoms with E-state index in [1.807, 2.05) is 23.7 Å². The van der Waals surface area contributed by atoms with E-state index in [-0.39, 0.29) is 0 Å². The Morgan fingerprint density at radius 2 is 2.45 bits per heavy atom. The molecule has 0 radical (unpaired) electrons. The molecule has 3 rings (SSSR count). The smallest absolute Gasteiger partial charge is 0.126 e. The number of aromatic nitrogens is 2. The van der Waals surface area contributed by atoms with Gasteiger partial charge in [-0.1, -0.05) is 6.92 Å². The quantitative estimate of drug-likeness (QED) is 0.910. The number of hydrogen-bond donors (Lipinski definition) is 1. The van der Waals surface area contributed by atoms with Gasteiger partial charge in [0.25, 0.3) is 0 Å². The Morgan fingerprint density at radius 3 is 3.20 bits per heavy atom. The number of aryl methyl sites for hydroxylation is 2. The van der Waals surface area contributed by atoms with Crippen molar-refractivity contribution in [2.75, 3.05) is 6.54 Å². The number of thiophene rings is 1. The summed E-state index contributed by atoms with van der Waals surface area (Å²) >= 11 is 1.92. The van der Waals surface area contributed by atoms with Crippen molar-refractivity contribution < 1.29 is 0 Å². The summed E-state index contributed by atoms with van der Waals surface area (Å²) in [4.78, 5) is 6.19. The molecule has 3 nitrogen and oxygen atoms in total. The van der Waals surface area contributed by atoms with Crippen LogP contribution in [0.2, 0.25) is 0 Å². The van der Waals surface area contributed by atoms with Crippen molar-refractivity contribution in [2.24, 2.45) is 7.05 Å². The van der Waals surface area contributed by atoms with Crippen LogP contribution in [0.5, 0.6) is 0 Å². The van der Waals surface area contributed by atoms with Crippen molar-refractivity contribution in [3.05, 3.63) is 40.1 Å². The Bertz CT molecular complexity index is 558. The van der Waals surface area contributed by atoms with Crippen LogP contribution in [-0.4, -0.2) is 16.1 Å². The van der Waals surface area contributed by atoms with Gasteiger partial charge in [-0.3, -0.25) is 0 Å². The molecule has 4 heteroatoms. The minimum Gasteiger partial charge on any atom is -0.337 e. The highest BCUT2D eigenvalue weighted by Crippen LogP contribution is 2.41. The molecule has 1 aliphatic rings. The topological polar surface area (TPSA) is 29.9 Å². The molecule has 2 unspecified atom stereocenters. The van der Waals surface area contributed by atoms with Gasteiger partial charge in [0.05, 0.1) is 6.04 Å². The third-order valence-electron chi connectivity index (χ3n) is 4.25. The summed E-state index contributed by atoms with van der Waals surface area (Å²) in [7, 11) is 2.10. The van der Waals surface area contributed by atoms with Crippen LogP contribution in [0.25, 0.3) is 0 Å². The van der Waals surface area contributed by atoms with Gasteiger partial charge in [-0.25, -0.2) is 4.98 Å². The predicted molar refractivity (Wildman–Crippen MR) is 84.2 cm³/mol. The lowest BCUT2D eigenvalue weighted by Gasteiger charge is -2.31. The molecule has 0 bridgehead atoms. The number of fused-ring (bicyclic) bond motifs is 1. The minimum absolute atomic E-state index is 0.337. The molecule has 108 valence electrons. The highest BCUT2D eigenvalue weighted by molar-refractivity contribution is 7.10. The van der Waals surface area contributed by atoms with Crippen molar-refractivity contribution in [2.45, 2.75) is 44.6 Å². The first kappa shape index (κ1) is 13.8. The first-order valence-corrected chi connectivity index (χ1v) is 8.46.